The van der Waals surface area contributed by atoms with Gasteiger partial charge in [0, 0.05) is 6.61 Å². The Morgan fingerprint density at radius 1 is 1.17 bits per heavy atom. The summed E-state index contributed by atoms with van der Waals surface area (Å²) in [5, 5.41) is 0. The quantitative estimate of drug-likeness (QED) is 0.440. The normalized spacial score (nSPS) is 12.2. The van der Waals surface area contributed by atoms with Crippen molar-refractivity contribution in [2.24, 2.45) is 5.41 Å². The second-order valence-corrected chi connectivity index (χ2v) is 4.90. The molecule has 0 fully saturated rings. The van der Waals surface area contributed by atoms with Gasteiger partial charge in [-0.25, -0.2) is 0 Å². The molecule has 0 aromatic rings. The average Bonchev–Trinajstić information content (AvgIpc) is 2.04. The zero-order chi connectivity index (χ0) is 9.45. The van der Waals surface area contributed by atoms with E-state index in [1.165, 1.54) is 32.1 Å². The summed E-state index contributed by atoms with van der Waals surface area (Å²) in [6, 6.07) is 0. The summed E-state index contributed by atoms with van der Waals surface area (Å²) >= 11 is 0. The van der Waals surface area contributed by atoms with Gasteiger partial charge in [0.05, 0.1) is 0 Å². The zero-order valence-corrected chi connectivity index (χ0v) is 11.2. The van der Waals surface area contributed by atoms with Crippen molar-refractivity contribution < 1.29 is 4.43 Å². The first-order chi connectivity index (χ1) is 5.62. The summed E-state index contributed by atoms with van der Waals surface area (Å²) in [5.41, 5.74) is 0.557. The van der Waals surface area contributed by atoms with Gasteiger partial charge in [-0.05, 0) is 18.3 Å². The maximum absolute atomic E-state index is 5.14. The fourth-order valence-corrected chi connectivity index (χ4v) is 1.49. The highest BCUT2D eigenvalue weighted by Gasteiger charge is 2.13. The van der Waals surface area contributed by atoms with Crippen molar-refractivity contribution in [3.05, 3.63) is 0 Å². The van der Waals surface area contributed by atoms with Crippen LogP contribution in [0.15, 0.2) is 0 Å². The van der Waals surface area contributed by atoms with E-state index in [9.17, 15) is 0 Å². The van der Waals surface area contributed by atoms with E-state index < -0.39 is 0 Å². The van der Waals surface area contributed by atoms with Crippen molar-refractivity contribution in [3.63, 3.8) is 0 Å². The Morgan fingerprint density at radius 3 is 2.33 bits per heavy atom. The van der Waals surface area contributed by atoms with E-state index in [4.69, 9.17) is 4.43 Å². The molecule has 0 aliphatic carbocycles. The maximum Gasteiger partial charge on any atom is 0.145 e. The van der Waals surface area contributed by atoms with Gasteiger partial charge >= 0.3 is 0 Å². The molecule has 0 unspecified atom stereocenters. The Balaban J connectivity index is 3.19. The lowest BCUT2D eigenvalue weighted by Gasteiger charge is -2.22. The molecule has 2 heteroatoms. The third-order valence-corrected chi connectivity index (χ3v) is 3.07. The van der Waals surface area contributed by atoms with Crippen LogP contribution in [0.25, 0.3) is 0 Å². The molecule has 0 rings (SSSR count). The molecule has 0 amide bonds. The SMILES string of the molecule is CCC(C)(C)CCCCCO[SiH3]. The first kappa shape index (κ1) is 12.2. The summed E-state index contributed by atoms with van der Waals surface area (Å²) in [6.07, 6.45) is 6.62. The van der Waals surface area contributed by atoms with Gasteiger partial charge in [0.1, 0.15) is 10.5 Å². The molecule has 0 aromatic heterocycles. The second-order valence-electron chi connectivity index (χ2n) is 4.32. The Labute approximate surface area is 80.4 Å². The highest BCUT2D eigenvalue weighted by atomic mass is 28.2. The maximum atomic E-state index is 5.14. The molecule has 0 radical (unpaired) electrons. The predicted octanol–water partition coefficient (Wildman–Crippen LogP) is 2.28. The molecule has 74 valence electrons. The second kappa shape index (κ2) is 6.67. The Bertz CT molecular complexity index is 102. The fraction of sp³-hybridized carbons (Fsp3) is 1.00. The fourth-order valence-electron chi connectivity index (χ4n) is 1.20. The van der Waals surface area contributed by atoms with Crippen LogP contribution in [-0.4, -0.2) is 17.1 Å². The van der Waals surface area contributed by atoms with Crippen LogP contribution in [0.4, 0.5) is 0 Å². The monoisotopic (exact) mass is 188 g/mol. The molecule has 0 saturated carbocycles. The van der Waals surface area contributed by atoms with Crippen LogP contribution in [0.1, 0.15) is 52.9 Å². The van der Waals surface area contributed by atoms with Gasteiger partial charge in [-0.3, -0.25) is 0 Å². The minimum Gasteiger partial charge on any atom is -0.428 e. The Kier molecular flexibility index (Phi) is 6.77. The number of unbranched alkanes of at least 4 members (excludes halogenated alkanes) is 2. The number of rotatable bonds is 7. The summed E-state index contributed by atoms with van der Waals surface area (Å²) in [5.74, 6) is 0. The van der Waals surface area contributed by atoms with Gasteiger partial charge in [-0.1, -0.05) is 40.0 Å². The third kappa shape index (κ3) is 6.86. The van der Waals surface area contributed by atoms with Crippen molar-refractivity contribution >= 4 is 10.5 Å². The van der Waals surface area contributed by atoms with Crippen LogP contribution in [-0.2, 0) is 4.43 Å². The molecular weight excluding hydrogens is 164 g/mol. The van der Waals surface area contributed by atoms with Crippen molar-refractivity contribution in [3.8, 4) is 0 Å². The van der Waals surface area contributed by atoms with Crippen LogP contribution < -0.4 is 0 Å². The average molecular weight is 188 g/mol. The van der Waals surface area contributed by atoms with E-state index in [0.717, 1.165) is 17.1 Å². The van der Waals surface area contributed by atoms with Gasteiger partial charge in [0.2, 0.25) is 0 Å². The standard InChI is InChI=1S/C10H24OSi/c1-4-10(2,3)8-6-5-7-9-11-12/h4-9H2,1-3,12H3. The molecule has 0 bridgehead atoms. The van der Waals surface area contributed by atoms with Crippen LogP contribution >= 0.6 is 0 Å². The van der Waals surface area contributed by atoms with Crippen LogP contribution in [0.5, 0.6) is 0 Å². The van der Waals surface area contributed by atoms with E-state index in [2.05, 4.69) is 20.8 Å². The summed E-state index contributed by atoms with van der Waals surface area (Å²) in [7, 11) is 0.899. The molecule has 0 saturated heterocycles. The minimum absolute atomic E-state index is 0.557. The first-order valence-corrected chi connectivity index (χ1v) is 5.93. The van der Waals surface area contributed by atoms with E-state index in [0.29, 0.717) is 5.41 Å². The van der Waals surface area contributed by atoms with Gasteiger partial charge < -0.3 is 4.43 Å². The Hall–Kier alpha value is 0.177. The third-order valence-electron chi connectivity index (χ3n) is 2.66. The Morgan fingerprint density at radius 2 is 1.83 bits per heavy atom. The van der Waals surface area contributed by atoms with E-state index in [1.54, 1.807) is 0 Å². The van der Waals surface area contributed by atoms with Crippen molar-refractivity contribution in [1.82, 2.24) is 0 Å². The largest absolute Gasteiger partial charge is 0.428 e. The zero-order valence-electron chi connectivity index (χ0n) is 9.15. The lowest BCUT2D eigenvalue weighted by molar-refractivity contribution is 0.292. The molecule has 0 spiro atoms. The molecular formula is C10H24OSi. The van der Waals surface area contributed by atoms with Crippen molar-refractivity contribution in [2.45, 2.75) is 52.9 Å². The van der Waals surface area contributed by atoms with E-state index in [1.807, 2.05) is 0 Å². The highest BCUT2D eigenvalue weighted by molar-refractivity contribution is 5.97. The van der Waals surface area contributed by atoms with Gasteiger partial charge in [-0.2, -0.15) is 0 Å². The van der Waals surface area contributed by atoms with Crippen LogP contribution in [0, 0.1) is 5.41 Å². The topological polar surface area (TPSA) is 9.23 Å². The minimum atomic E-state index is 0.557. The number of hydrogen-bond donors (Lipinski definition) is 0. The molecule has 0 atom stereocenters. The number of hydrogen-bond acceptors (Lipinski definition) is 1. The van der Waals surface area contributed by atoms with Crippen molar-refractivity contribution in [1.29, 1.82) is 0 Å². The molecule has 0 aliphatic heterocycles. The lowest BCUT2D eigenvalue weighted by Crippen LogP contribution is -2.08. The molecule has 0 aliphatic rings. The molecule has 12 heavy (non-hydrogen) atoms. The summed E-state index contributed by atoms with van der Waals surface area (Å²) < 4.78 is 5.14. The molecule has 0 N–H and O–H groups in total. The molecule has 0 aromatic carbocycles. The highest BCUT2D eigenvalue weighted by Crippen LogP contribution is 2.26. The van der Waals surface area contributed by atoms with Crippen molar-refractivity contribution in [2.75, 3.05) is 6.61 Å². The van der Waals surface area contributed by atoms with E-state index >= 15 is 0 Å². The van der Waals surface area contributed by atoms with Gasteiger partial charge in [0.25, 0.3) is 0 Å². The molecule has 0 heterocycles. The van der Waals surface area contributed by atoms with Crippen LogP contribution in [0.3, 0.4) is 0 Å². The lowest BCUT2D eigenvalue weighted by atomic mass is 9.84. The smallest absolute Gasteiger partial charge is 0.145 e. The van der Waals surface area contributed by atoms with Gasteiger partial charge in [-0.15, -0.1) is 0 Å². The van der Waals surface area contributed by atoms with Gasteiger partial charge in [0.15, 0.2) is 0 Å². The predicted molar refractivity (Wildman–Crippen MR) is 58.4 cm³/mol. The first-order valence-electron chi connectivity index (χ1n) is 5.11. The summed E-state index contributed by atoms with van der Waals surface area (Å²) in [6.45, 7) is 7.98. The van der Waals surface area contributed by atoms with E-state index in [-0.39, 0.29) is 0 Å². The summed E-state index contributed by atoms with van der Waals surface area (Å²) in [4.78, 5) is 0. The van der Waals surface area contributed by atoms with Crippen LogP contribution in [0.2, 0.25) is 0 Å². The molecule has 1 nitrogen and oxygen atoms in total.